The second kappa shape index (κ2) is 7.75. The second-order valence-corrected chi connectivity index (χ2v) is 3.45. The summed E-state index contributed by atoms with van der Waals surface area (Å²) in [5.74, 6) is -1.17. The van der Waals surface area contributed by atoms with E-state index in [1.807, 2.05) is 0 Å². The molecule has 0 saturated carbocycles. The minimum Gasteiger partial charge on any atom is -0.477 e. The van der Waals surface area contributed by atoms with Crippen LogP contribution in [0.4, 0.5) is 0 Å². The summed E-state index contributed by atoms with van der Waals surface area (Å²) in [5, 5.41) is 32.8. The van der Waals surface area contributed by atoms with Crippen LogP contribution < -0.4 is 0 Å². The minimum absolute atomic E-state index is 0.181. The van der Waals surface area contributed by atoms with E-state index in [2.05, 4.69) is 6.58 Å². The average molecular weight is 227 g/mol. The van der Waals surface area contributed by atoms with E-state index in [0.29, 0.717) is 0 Å². The number of aliphatic hydroxyl groups is 3. The molecule has 0 spiro atoms. The number of carbonyl (C=O) groups is 1. The third-order valence-corrected chi connectivity index (χ3v) is 1.54. The summed E-state index contributed by atoms with van der Waals surface area (Å²) in [6, 6.07) is 0. The summed E-state index contributed by atoms with van der Waals surface area (Å²) in [4.78, 5) is 9.47. The Bertz CT molecular complexity index is 168. The zero-order valence-corrected chi connectivity index (χ0v) is 8.66. The van der Waals surface area contributed by atoms with Crippen molar-refractivity contribution in [2.75, 3.05) is 19.8 Å². The highest BCUT2D eigenvalue weighted by Crippen LogP contribution is 2.10. The van der Waals surface area contributed by atoms with Gasteiger partial charge in [0.1, 0.15) is 5.03 Å². The number of hydrogen-bond acceptors (Lipinski definition) is 4. The van der Waals surface area contributed by atoms with Gasteiger partial charge in [-0.3, -0.25) is 0 Å². The Balaban J connectivity index is 0. The summed E-state index contributed by atoms with van der Waals surface area (Å²) in [6.45, 7) is 3.98. The Labute approximate surface area is 87.3 Å². The number of halogens is 1. The van der Waals surface area contributed by atoms with Gasteiger partial charge in [0.05, 0.1) is 19.8 Å². The highest BCUT2D eigenvalue weighted by atomic mass is 35.5. The molecule has 0 atom stereocenters. The number of rotatable bonds is 4. The van der Waals surface area contributed by atoms with Crippen molar-refractivity contribution < 1.29 is 25.2 Å². The predicted octanol–water partition coefficient (Wildman–Crippen LogP) is -0.207. The Morgan fingerprint density at radius 3 is 1.50 bits per heavy atom. The average Bonchev–Trinajstić information content (AvgIpc) is 2.17. The standard InChI is InChI=1S/C5H12O3.C3H3ClO2/c1-5(2-6,3-7)4-8;1-2(4)3(5)6/h6-8H,2-4H2,1H3;1H2,(H,5,6). The first kappa shape index (κ1) is 15.8. The van der Waals surface area contributed by atoms with Gasteiger partial charge >= 0.3 is 5.97 Å². The first-order valence-electron chi connectivity index (χ1n) is 3.73. The van der Waals surface area contributed by atoms with Crippen molar-refractivity contribution >= 4 is 17.6 Å². The van der Waals surface area contributed by atoms with Crippen LogP contribution in [0.5, 0.6) is 0 Å². The fraction of sp³-hybridized carbons (Fsp3) is 0.625. The van der Waals surface area contributed by atoms with Crippen LogP contribution in [0.15, 0.2) is 11.6 Å². The van der Waals surface area contributed by atoms with Crippen molar-refractivity contribution in [2.45, 2.75) is 6.92 Å². The van der Waals surface area contributed by atoms with Crippen LogP contribution >= 0.6 is 11.6 Å². The Kier molecular flexibility index (Phi) is 8.77. The molecule has 14 heavy (non-hydrogen) atoms. The summed E-state index contributed by atoms with van der Waals surface area (Å²) in [7, 11) is 0. The van der Waals surface area contributed by atoms with E-state index in [1.54, 1.807) is 6.92 Å². The van der Waals surface area contributed by atoms with Gasteiger partial charge in [0, 0.05) is 5.41 Å². The quantitative estimate of drug-likeness (QED) is 0.498. The number of carboxylic acid groups (broad SMARTS) is 1. The van der Waals surface area contributed by atoms with Crippen LogP contribution in [0.1, 0.15) is 6.92 Å². The lowest BCUT2D eigenvalue weighted by Crippen LogP contribution is -2.29. The van der Waals surface area contributed by atoms with Gasteiger partial charge in [-0.05, 0) is 0 Å². The molecule has 0 amide bonds. The molecule has 4 N–H and O–H groups in total. The van der Waals surface area contributed by atoms with Crippen molar-refractivity contribution in [1.29, 1.82) is 0 Å². The second-order valence-electron chi connectivity index (χ2n) is 3.00. The third kappa shape index (κ3) is 8.00. The van der Waals surface area contributed by atoms with E-state index in [9.17, 15) is 4.79 Å². The van der Waals surface area contributed by atoms with Crippen LogP contribution in [0.2, 0.25) is 0 Å². The highest BCUT2D eigenvalue weighted by Gasteiger charge is 2.20. The van der Waals surface area contributed by atoms with Crippen LogP contribution in [0.3, 0.4) is 0 Å². The number of aliphatic hydroxyl groups excluding tert-OH is 3. The topological polar surface area (TPSA) is 98.0 Å². The molecule has 0 bridgehead atoms. The largest absolute Gasteiger partial charge is 0.477 e. The lowest BCUT2D eigenvalue weighted by Gasteiger charge is -2.20. The SMILES string of the molecule is C=C(Cl)C(=O)O.CC(CO)(CO)CO. The maximum atomic E-state index is 9.47. The minimum atomic E-state index is -1.17. The lowest BCUT2D eigenvalue weighted by molar-refractivity contribution is -0.131. The molecular weight excluding hydrogens is 212 g/mol. The van der Waals surface area contributed by atoms with E-state index in [0.717, 1.165) is 0 Å². The molecule has 0 unspecified atom stereocenters. The highest BCUT2D eigenvalue weighted by molar-refractivity contribution is 6.40. The van der Waals surface area contributed by atoms with Crippen LogP contribution in [0.25, 0.3) is 0 Å². The molecule has 0 radical (unpaired) electrons. The summed E-state index contributed by atoms with van der Waals surface area (Å²) in [5.41, 5.74) is -0.708. The van der Waals surface area contributed by atoms with Crippen LogP contribution in [0, 0.1) is 5.41 Å². The van der Waals surface area contributed by atoms with E-state index >= 15 is 0 Å². The fourth-order valence-electron chi connectivity index (χ4n) is 0.150. The van der Waals surface area contributed by atoms with Crippen molar-refractivity contribution in [1.82, 2.24) is 0 Å². The predicted molar refractivity (Wildman–Crippen MR) is 52.0 cm³/mol. The van der Waals surface area contributed by atoms with Crippen LogP contribution in [-0.2, 0) is 4.79 Å². The molecule has 0 aromatic rings. The molecule has 0 fully saturated rings. The van der Waals surface area contributed by atoms with Crippen LogP contribution in [-0.4, -0.2) is 46.2 Å². The molecule has 0 aliphatic carbocycles. The first-order chi connectivity index (χ1) is 6.32. The fourth-order valence-corrected chi connectivity index (χ4v) is 0.150. The van der Waals surface area contributed by atoms with Crippen molar-refractivity contribution in [3.05, 3.63) is 11.6 Å². The number of aliphatic carboxylic acids is 1. The zero-order chi connectivity index (χ0) is 11.8. The molecule has 0 heterocycles. The van der Waals surface area contributed by atoms with Gasteiger partial charge in [0.2, 0.25) is 0 Å². The molecule has 6 heteroatoms. The van der Waals surface area contributed by atoms with Gasteiger partial charge in [-0.2, -0.15) is 0 Å². The first-order valence-corrected chi connectivity index (χ1v) is 4.11. The Morgan fingerprint density at radius 2 is 1.50 bits per heavy atom. The molecule has 0 aromatic carbocycles. The van der Waals surface area contributed by atoms with Gasteiger partial charge < -0.3 is 20.4 Å². The van der Waals surface area contributed by atoms with E-state index in [-0.39, 0.29) is 24.9 Å². The molecule has 0 aromatic heterocycles. The number of hydrogen-bond donors (Lipinski definition) is 4. The molecule has 84 valence electrons. The molecule has 0 aliphatic heterocycles. The number of carboxylic acids is 1. The third-order valence-electron chi connectivity index (χ3n) is 1.38. The summed E-state index contributed by atoms with van der Waals surface area (Å²) in [6.07, 6.45) is 0. The monoisotopic (exact) mass is 226 g/mol. The van der Waals surface area contributed by atoms with E-state index < -0.39 is 11.4 Å². The molecule has 5 nitrogen and oxygen atoms in total. The molecule has 0 rings (SSSR count). The molecule has 0 saturated heterocycles. The summed E-state index contributed by atoms with van der Waals surface area (Å²) >= 11 is 4.82. The van der Waals surface area contributed by atoms with Gasteiger partial charge in [0.15, 0.2) is 0 Å². The molecular formula is C8H15ClO5. The zero-order valence-electron chi connectivity index (χ0n) is 7.90. The maximum absolute atomic E-state index is 9.47. The van der Waals surface area contributed by atoms with Crippen molar-refractivity contribution in [3.63, 3.8) is 0 Å². The van der Waals surface area contributed by atoms with E-state index in [1.165, 1.54) is 0 Å². The normalized spacial score (nSPS) is 10.1. The lowest BCUT2D eigenvalue weighted by atomic mass is 9.95. The Hall–Kier alpha value is -0.620. The molecule has 0 aliphatic rings. The van der Waals surface area contributed by atoms with Crippen molar-refractivity contribution in [2.24, 2.45) is 5.41 Å². The summed E-state index contributed by atoms with van der Waals surface area (Å²) < 4.78 is 0. The Morgan fingerprint density at radius 1 is 1.29 bits per heavy atom. The van der Waals surface area contributed by atoms with Gasteiger partial charge in [-0.25, -0.2) is 4.79 Å². The smallest absolute Gasteiger partial charge is 0.346 e. The van der Waals surface area contributed by atoms with Gasteiger partial charge in [0.25, 0.3) is 0 Å². The van der Waals surface area contributed by atoms with E-state index in [4.69, 9.17) is 32.0 Å². The van der Waals surface area contributed by atoms with Crippen molar-refractivity contribution in [3.8, 4) is 0 Å². The van der Waals surface area contributed by atoms with Gasteiger partial charge in [-0.1, -0.05) is 25.1 Å². The maximum Gasteiger partial charge on any atom is 0.346 e. The van der Waals surface area contributed by atoms with Gasteiger partial charge in [-0.15, -0.1) is 0 Å².